The third-order valence-corrected chi connectivity index (χ3v) is 3.00. The van der Waals surface area contributed by atoms with Gasteiger partial charge in [0.15, 0.2) is 5.78 Å². The Morgan fingerprint density at radius 3 is 2.60 bits per heavy atom. The van der Waals surface area contributed by atoms with E-state index in [1.54, 1.807) is 24.3 Å². The molecule has 0 aliphatic carbocycles. The Bertz CT molecular complexity index is 648. The highest BCUT2D eigenvalue weighted by atomic mass is 35.5. The first-order valence-corrected chi connectivity index (χ1v) is 6.46. The molecule has 0 unspecified atom stereocenters. The SMILES string of the molecule is Cc1ccc(C(=O)C=CNc2cc(Cl)ccc2O)cc1. The molecule has 0 spiro atoms. The molecular weight excluding hydrogens is 274 g/mol. The summed E-state index contributed by atoms with van der Waals surface area (Å²) in [5.74, 6) is -0.0409. The maximum atomic E-state index is 11.9. The molecular formula is C16H14ClNO2. The van der Waals surface area contributed by atoms with Gasteiger partial charge < -0.3 is 10.4 Å². The molecule has 4 heteroatoms. The van der Waals surface area contributed by atoms with Crippen LogP contribution in [0.4, 0.5) is 5.69 Å². The minimum Gasteiger partial charge on any atom is -0.506 e. The van der Waals surface area contributed by atoms with Gasteiger partial charge in [-0.1, -0.05) is 41.4 Å². The number of allylic oxidation sites excluding steroid dienone is 1. The summed E-state index contributed by atoms with van der Waals surface area (Å²) in [5, 5.41) is 12.9. The van der Waals surface area contributed by atoms with E-state index in [0.717, 1.165) is 5.56 Å². The largest absolute Gasteiger partial charge is 0.506 e. The fraction of sp³-hybridized carbons (Fsp3) is 0.0625. The number of anilines is 1. The molecule has 2 rings (SSSR count). The van der Waals surface area contributed by atoms with Crippen LogP contribution in [0.25, 0.3) is 0 Å². The second-order valence-corrected chi connectivity index (χ2v) is 4.81. The number of rotatable bonds is 4. The molecule has 0 fully saturated rings. The van der Waals surface area contributed by atoms with E-state index in [2.05, 4.69) is 5.32 Å². The van der Waals surface area contributed by atoms with Crippen molar-refractivity contribution in [2.75, 3.05) is 5.32 Å². The quantitative estimate of drug-likeness (QED) is 0.504. The van der Waals surface area contributed by atoms with E-state index >= 15 is 0 Å². The molecule has 0 aliphatic rings. The first-order valence-electron chi connectivity index (χ1n) is 6.09. The number of aryl methyl sites for hydroxylation is 1. The van der Waals surface area contributed by atoms with E-state index in [1.165, 1.54) is 18.3 Å². The van der Waals surface area contributed by atoms with Crippen LogP contribution in [-0.4, -0.2) is 10.9 Å². The van der Waals surface area contributed by atoms with Gasteiger partial charge in [-0.25, -0.2) is 0 Å². The molecule has 0 atom stereocenters. The number of carbonyl (C=O) groups is 1. The average Bonchev–Trinajstić information content (AvgIpc) is 2.43. The van der Waals surface area contributed by atoms with Gasteiger partial charge >= 0.3 is 0 Å². The van der Waals surface area contributed by atoms with Crippen LogP contribution in [0.3, 0.4) is 0 Å². The fourth-order valence-corrected chi connectivity index (χ4v) is 1.82. The number of carbonyl (C=O) groups excluding carboxylic acids is 1. The Labute approximate surface area is 122 Å². The van der Waals surface area contributed by atoms with E-state index in [9.17, 15) is 9.90 Å². The molecule has 102 valence electrons. The Kier molecular flexibility index (Phi) is 4.43. The highest BCUT2D eigenvalue weighted by molar-refractivity contribution is 6.30. The standard InChI is InChI=1S/C16H14ClNO2/c1-11-2-4-12(5-3-11)15(19)8-9-18-14-10-13(17)6-7-16(14)20/h2-10,18,20H,1H3. The Morgan fingerprint density at radius 2 is 1.90 bits per heavy atom. The minimum absolute atomic E-state index is 0.0711. The van der Waals surface area contributed by atoms with Crippen molar-refractivity contribution < 1.29 is 9.90 Å². The number of phenolic OH excluding ortho intramolecular Hbond substituents is 1. The summed E-state index contributed by atoms with van der Waals surface area (Å²) in [5.41, 5.74) is 2.17. The molecule has 0 amide bonds. The number of halogens is 1. The van der Waals surface area contributed by atoms with E-state index in [-0.39, 0.29) is 11.5 Å². The molecule has 3 nitrogen and oxygen atoms in total. The van der Waals surface area contributed by atoms with Gasteiger partial charge in [-0.3, -0.25) is 4.79 Å². The third kappa shape index (κ3) is 3.62. The third-order valence-electron chi connectivity index (χ3n) is 2.77. The van der Waals surface area contributed by atoms with Crippen molar-refractivity contribution in [1.29, 1.82) is 0 Å². The second kappa shape index (κ2) is 6.26. The van der Waals surface area contributed by atoms with Crippen molar-refractivity contribution >= 4 is 23.1 Å². The summed E-state index contributed by atoms with van der Waals surface area (Å²) >= 11 is 5.83. The average molecular weight is 288 g/mol. The van der Waals surface area contributed by atoms with Crippen LogP contribution in [0.5, 0.6) is 5.75 Å². The molecule has 0 saturated carbocycles. The zero-order chi connectivity index (χ0) is 14.5. The summed E-state index contributed by atoms with van der Waals surface area (Å²) in [6.07, 6.45) is 2.89. The van der Waals surface area contributed by atoms with Gasteiger partial charge in [-0.2, -0.15) is 0 Å². The zero-order valence-corrected chi connectivity index (χ0v) is 11.7. The van der Waals surface area contributed by atoms with E-state index < -0.39 is 0 Å². The number of phenols is 1. The molecule has 20 heavy (non-hydrogen) atoms. The molecule has 0 heterocycles. The maximum absolute atomic E-state index is 11.9. The number of nitrogens with one attached hydrogen (secondary N) is 1. The lowest BCUT2D eigenvalue weighted by atomic mass is 10.1. The summed E-state index contributed by atoms with van der Waals surface area (Å²) in [7, 11) is 0. The van der Waals surface area contributed by atoms with Gasteiger partial charge in [0.2, 0.25) is 0 Å². The van der Waals surface area contributed by atoms with Gasteiger partial charge in [0.05, 0.1) is 5.69 Å². The molecule has 0 aliphatic heterocycles. The lowest BCUT2D eigenvalue weighted by Gasteiger charge is -2.04. The molecule has 2 aromatic rings. The second-order valence-electron chi connectivity index (χ2n) is 4.37. The molecule has 0 saturated heterocycles. The van der Waals surface area contributed by atoms with Crippen LogP contribution in [0, 0.1) is 6.92 Å². The van der Waals surface area contributed by atoms with Gasteiger partial charge in [-0.15, -0.1) is 0 Å². The van der Waals surface area contributed by atoms with Crippen LogP contribution in [-0.2, 0) is 0 Å². The summed E-state index contributed by atoms with van der Waals surface area (Å²) in [4.78, 5) is 11.9. The molecule has 0 radical (unpaired) electrons. The van der Waals surface area contributed by atoms with Gasteiger partial charge in [0.25, 0.3) is 0 Å². The van der Waals surface area contributed by atoms with Gasteiger partial charge in [-0.05, 0) is 25.1 Å². The zero-order valence-electron chi connectivity index (χ0n) is 10.9. The molecule has 0 bridgehead atoms. The number of ketones is 1. The van der Waals surface area contributed by atoms with Crippen molar-refractivity contribution in [3.05, 3.63) is 70.9 Å². The number of hydrogen-bond donors (Lipinski definition) is 2. The number of aromatic hydroxyl groups is 1. The lowest BCUT2D eigenvalue weighted by Crippen LogP contribution is -1.96. The van der Waals surface area contributed by atoms with Gasteiger partial charge in [0.1, 0.15) is 5.75 Å². The normalized spacial score (nSPS) is 10.7. The van der Waals surface area contributed by atoms with Crippen LogP contribution in [0.1, 0.15) is 15.9 Å². The first kappa shape index (κ1) is 14.2. The summed E-state index contributed by atoms with van der Waals surface area (Å²) < 4.78 is 0. The first-order chi connectivity index (χ1) is 9.56. The topological polar surface area (TPSA) is 49.3 Å². The van der Waals surface area contributed by atoms with Crippen LogP contribution < -0.4 is 5.32 Å². The molecule has 2 N–H and O–H groups in total. The van der Waals surface area contributed by atoms with Crippen LogP contribution >= 0.6 is 11.6 Å². The van der Waals surface area contributed by atoms with Crippen molar-refractivity contribution in [2.45, 2.75) is 6.92 Å². The van der Waals surface area contributed by atoms with Gasteiger partial charge in [0, 0.05) is 22.9 Å². The summed E-state index contributed by atoms with van der Waals surface area (Å²) in [6, 6.07) is 12.0. The fourth-order valence-electron chi connectivity index (χ4n) is 1.65. The maximum Gasteiger partial charge on any atom is 0.187 e. The van der Waals surface area contributed by atoms with E-state index in [1.807, 2.05) is 19.1 Å². The van der Waals surface area contributed by atoms with Crippen molar-refractivity contribution in [2.24, 2.45) is 0 Å². The Balaban J connectivity index is 2.04. The predicted molar refractivity (Wildman–Crippen MR) is 81.4 cm³/mol. The lowest BCUT2D eigenvalue weighted by molar-refractivity contribution is 0.104. The summed E-state index contributed by atoms with van der Waals surface area (Å²) in [6.45, 7) is 1.97. The van der Waals surface area contributed by atoms with Crippen LogP contribution in [0.2, 0.25) is 5.02 Å². The monoisotopic (exact) mass is 287 g/mol. The smallest absolute Gasteiger partial charge is 0.187 e. The highest BCUT2D eigenvalue weighted by Crippen LogP contribution is 2.26. The Morgan fingerprint density at radius 1 is 1.20 bits per heavy atom. The van der Waals surface area contributed by atoms with E-state index in [0.29, 0.717) is 16.3 Å². The van der Waals surface area contributed by atoms with Crippen molar-refractivity contribution in [3.63, 3.8) is 0 Å². The highest BCUT2D eigenvalue weighted by Gasteiger charge is 2.02. The number of hydrogen-bond acceptors (Lipinski definition) is 3. The van der Waals surface area contributed by atoms with Crippen molar-refractivity contribution in [1.82, 2.24) is 0 Å². The van der Waals surface area contributed by atoms with Crippen LogP contribution in [0.15, 0.2) is 54.7 Å². The Hall–Kier alpha value is -2.26. The number of benzene rings is 2. The predicted octanol–water partition coefficient (Wildman–Crippen LogP) is 4.16. The molecule has 2 aromatic carbocycles. The molecule has 0 aromatic heterocycles. The van der Waals surface area contributed by atoms with E-state index in [4.69, 9.17) is 11.6 Å². The minimum atomic E-state index is -0.112. The van der Waals surface area contributed by atoms with Crippen molar-refractivity contribution in [3.8, 4) is 5.75 Å².